The summed E-state index contributed by atoms with van der Waals surface area (Å²) in [5.41, 5.74) is 1.85. The molecule has 168 valence electrons. The van der Waals surface area contributed by atoms with Crippen molar-refractivity contribution in [1.29, 1.82) is 0 Å². The fraction of sp³-hybridized carbons (Fsp3) is 0.240. The molecule has 2 aliphatic rings. The average Bonchev–Trinajstić information content (AvgIpc) is 2.84. The van der Waals surface area contributed by atoms with E-state index in [9.17, 15) is 14.4 Å². The first kappa shape index (κ1) is 21.4. The van der Waals surface area contributed by atoms with E-state index in [-0.39, 0.29) is 17.8 Å². The number of imide groups is 1. The molecule has 4 amide bonds. The predicted octanol–water partition coefficient (Wildman–Crippen LogP) is 3.94. The molecule has 0 unspecified atom stereocenters. The molecule has 0 aromatic heterocycles. The van der Waals surface area contributed by atoms with Crippen LogP contribution in [-0.2, 0) is 0 Å². The minimum absolute atomic E-state index is 0.150. The zero-order chi connectivity index (χ0) is 22.9. The molecule has 0 radical (unpaired) electrons. The van der Waals surface area contributed by atoms with E-state index in [1.54, 1.807) is 41.3 Å². The lowest BCUT2D eigenvalue weighted by molar-refractivity contribution is 0.0581. The van der Waals surface area contributed by atoms with Crippen LogP contribution in [0.15, 0.2) is 60.7 Å². The summed E-state index contributed by atoms with van der Waals surface area (Å²) in [6, 6.07) is 17.9. The van der Waals surface area contributed by atoms with E-state index in [1.165, 1.54) is 4.90 Å². The summed E-state index contributed by atoms with van der Waals surface area (Å²) in [7, 11) is 0. The topological polar surface area (TPSA) is 73.0 Å². The summed E-state index contributed by atoms with van der Waals surface area (Å²) in [6.45, 7) is 3.39. The van der Waals surface area contributed by atoms with Gasteiger partial charge in [-0.2, -0.15) is 0 Å². The van der Waals surface area contributed by atoms with Gasteiger partial charge in [-0.1, -0.05) is 35.9 Å². The van der Waals surface area contributed by atoms with E-state index in [2.05, 4.69) is 10.2 Å². The monoisotopic (exact) mass is 462 g/mol. The second-order valence-electron chi connectivity index (χ2n) is 8.24. The fourth-order valence-corrected chi connectivity index (χ4v) is 4.56. The first-order valence-electron chi connectivity index (χ1n) is 10.9. The number of amides is 4. The molecule has 1 saturated heterocycles. The van der Waals surface area contributed by atoms with Crippen LogP contribution in [0, 0.1) is 0 Å². The highest BCUT2D eigenvalue weighted by molar-refractivity contribution is 6.30. The van der Waals surface area contributed by atoms with Crippen LogP contribution in [0.4, 0.5) is 10.5 Å². The van der Waals surface area contributed by atoms with Crippen molar-refractivity contribution in [1.82, 2.24) is 14.7 Å². The number of urea groups is 1. The van der Waals surface area contributed by atoms with Gasteiger partial charge >= 0.3 is 6.03 Å². The maximum Gasteiger partial charge on any atom is 0.321 e. The minimum Gasteiger partial charge on any atom is -0.322 e. The van der Waals surface area contributed by atoms with Gasteiger partial charge in [0.1, 0.15) is 0 Å². The summed E-state index contributed by atoms with van der Waals surface area (Å²) < 4.78 is 0. The number of hydrogen-bond acceptors (Lipinski definition) is 4. The zero-order valence-corrected chi connectivity index (χ0v) is 18.7. The molecule has 7 nitrogen and oxygen atoms in total. The van der Waals surface area contributed by atoms with Crippen LogP contribution in [0.5, 0.6) is 0 Å². The second kappa shape index (κ2) is 8.84. The number of hydrogen-bond donors (Lipinski definition) is 1. The molecule has 3 aromatic carbocycles. The predicted molar refractivity (Wildman–Crippen MR) is 128 cm³/mol. The summed E-state index contributed by atoms with van der Waals surface area (Å²) in [4.78, 5) is 43.9. The zero-order valence-electron chi connectivity index (χ0n) is 18.0. The molecule has 5 rings (SSSR count). The number of anilines is 1. The van der Waals surface area contributed by atoms with Gasteiger partial charge in [-0.25, -0.2) is 4.79 Å². The van der Waals surface area contributed by atoms with Gasteiger partial charge in [0.25, 0.3) is 11.8 Å². The molecule has 2 aliphatic heterocycles. The third kappa shape index (κ3) is 4.17. The van der Waals surface area contributed by atoms with Gasteiger partial charge in [0.2, 0.25) is 0 Å². The lowest BCUT2D eigenvalue weighted by Crippen LogP contribution is -2.52. The number of rotatable bonds is 4. The molecule has 3 aromatic rings. The molecule has 0 bridgehead atoms. The Balaban J connectivity index is 1.18. The maximum atomic E-state index is 13.0. The highest BCUT2D eigenvalue weighted by Crippen LogP contribution is 2.29. The van der Waals surface area contributed by atoms with Crippen molar-refractivity contribution in [2.45, 2.75) is 0 Å². The number of halogens is 1. The second-order valence-corrected chi connectivity index (χ2v) is 8.67. The van der Waals surface area contributed by atoms with Gasteiger partial charge in [-0.3, -0.25) is 19.4 Å². The summed E-state index contributed by atoms with van der Waals surface area (Å²) in [5.74, 6) is -0.490. The van der Waals surface area contributed by atoms with Crippen LogP contribution in [0.2, 0.25) is 5.02 Å². The van der Waals surface area contributed by atoms with Gasteiger partial charge in [-0.15, -0.1) is 0 Å². The normalized spacial score (nSPS) is 16.4. The Labute approximate surface area is 196 Å². The van der Waals surface area contributed by atoms with E-state index >= 15 is 0 Å². The van der Waals surface area contributed by atoms with E-state index in [0.717, 1.165) is 10.8 Å². The van der Waals surface area contributed by atoms with E-state index < -0.39 is 0 Å². The molecular formula is C25H23ClN4O3. The summed E-state index contributed by atoms with van der Waals surface area (Å²) >= 11 is 5.89. The molecule has 1 fully saturated rings. The van der Waals surface area contributed by atoms with Crippen LogP contribution >= 0.6 is 11.6 Å². The quantitative estimate of drug-likeness (QED) is 0.596. The van der Waals surface area contributed by atoms with Crippen LogP contribution in [0.25, 0.3) is 10.8 Å². The van der Waals surface area contributed by atoms with Crippen molar-refractivity contribution in [2.24, 2.45) is 0 Å². The SMILES string of the molecule is O=C(Nc1ccc(Cl)cc1)N1CCN(CCN2C(=O)c3cccc4cccc(c34)C2=O)CC1. The average molecular weight is 463 g/mol. The van der Waals surface area contributed by atoms with Gasteiger partial charge in [0.05, 0.1) is 0 Å². The van der Waals surface area contributed by atoms with Crippen molar-refractivity contribution in [2.75, 3.05) is 44.6 Å². The van der Waals surface area contributed by atoms with Gasteiger partial charge in [0.15, 0.2) is 0 Å². The molecule has 0 spiro atoms. The highest BCUT2D eigenvalue weighted by atomic mass is 35.5. The highest BCUT2D eigenvalue weighted by Gasteiger charge is 2.33. The molecular weight excluding hydrogens is 440 g/mol. The lowest BCUT2D eigenvalue weighted by Gasteiger charge is -2.36. The van der Waals surface area contributed by atoms with Crippen LogP contribution < -0.4 is 5.32 Å². The molecule has 33 heavy (non-hydrogen) atoms. The first-order chi connectivity index (χ1) is 16.0. The third-order valence-corrected chi connectivity index (χ3v) is 6.50. The Morgan fingerprint density at radius 1 is 0.818 bits per heavy atom. The molecule has 1 N–H and O–H groups in total. The van der Waals surface area contributed by atoms with Crippen molar-refractivity contribution >= 4 is 45.9 Å². The van der Waals surface area contributed by atoms with E-state index in [1.807, 2.05) is 24.3 Å². The van der Waals surface area contributed by atoms with Crippen molar-refractivity contribution < 1.29 is 14.4 Å². The van der Waals surface area contributed by atoms with Gasteiger partial charge in [0, 0.05) is 66.5 Å². The Bertz CT molecular complexity index is 1190. The first-order valence-corrected chi connectivity index (χ1v) is 11.3. The van der Waals surface area contributed by atoms with Crippen molar-refractivity contribution in [3.05, 3.63) is 76.8 Å². The Kier molecular flexibility index (Phi) is 5.74. The molecule has 0 saturated carbocycles. The number of carbonyl (C=O) groups excluding carboxylic acids is 3. The number of nitrogens with zero attached hydrogens (tertiary/aromatic N) is 3. The lowest BCUT2D eigenvalue weighted by atomic mass is 9.94. The van der Waals surface area contributed by atoms with Gasteiger partial charge in [-0.05, 0) is 41.8 Å². The Morgan fingerprint density at radius 3 is 2.03 bits per heavy atom. The van der Waals surface area contributed by atoms with E-state index in [4.69, 9.17) is 11.6 Å². The number of nitrogens with one attached hydrogen (secondary N) is 1. The van der Waals surface area contributed by atoms with Crippen molar-refractivity contribution in [3.63, 3.8) is 0 Å². The van der Waals surface area contributed by atoms with Crippen LogP contribution in [0.1, 0.15) is 20.7 Å². The van der Waals surface area contributed by atoms with E-state index in [0.29, 0.717) is 61.1 Å². The molecule has 8 heteroatoms. The molecule has 0 atom stereocenters. The minimum atomic E-state index is -0.245. The standard InChI is InChI=1S/C25H23ClN4O3/c26-18-7-9-19(10-8-18)27-25(33)29-14-11-28(12-15-29)13-16-30-23(31)20-5-1-3-17-4-2-6-21(22(17)20)24(30)32/h1-10H,11-16H2,(H,27,33). The number of benzene rings is 3. The Morgan fingerprint density at radius 2 is 1.42 bits per heavy atom. The summed E-state index contributed by atoms with van der Waals surface area (Å²) in [5, 5.41) is 5.14. The number of piperazine rings is 1. The Hall–Kier alpha value is -3.42. The van der Waals surface area contributed by atoms with Crippen LogP contribution in [0.3, 0.4) is 0 Å². The third-order valence-electron chi connectivity index (χ3n) is 6.25. The van der Waals surface area contributed by atoms with Crippen LogP contribution in [-0.4, -0.2) is 71.8 Å². The van der Waals surface area contributed by atoms with Crippen molar-refractivity contribution in [3.8, 4) is 0 Å². The maximum absolute atomic E-state index is 13.0. The summed E-state index contributed by atoms with van der Waals surface area (Å²) in [6.07, 6.45) is 0. The fourth-order valence-electron chi connectivity index (χ4n) is 4.44. The van der Waals surface area contributed by atoms with Gasteiger partial charge < -0.3 is 10.2 Å². The molecule has 0 aliphatic carbocycles. The molecule has 2 heterocycles. The smallest absolute Gasteiger partial charge is 0.321 e. The largest absolute Gasteiger partial charge is 0.322 e. The number of carbonyl (C=O) groups is 3.